The number of hydrogen-bond donors (Lipinski definition) is 1. The molecule has 0 atom stereocenters. The molecule has 3 aromatic rings. The Balaban J connectivity index is 1.68. The summed E-state index contributed by atoms with van der Waals surface area (Å²) in [5.41, 5.74) is 0.671. The van der Waals surface area contributed by atoms with E-state index < -0.39 is 15.9 Å². The summed E-state index contributed by atoms with van der Waals surface area (Å²) in [5.74, 6) is -0.365. The highest BCUT2D eigenvalue weighted by molar-refractivity contribution is 7.89. The van der Waals surface area contributed by atoms with Crippen molar-refractivity contribution in [3.63, 3.8) is 0 Å². The zero-order valence-electron chi connectivity index (χ0n) is 15.2. The average Bonchev–Trinajstić information content (AvgIpc) is 3.37. The molecule has 0 fully saturated rings. The number of hydrogen-bond acceptors (Lipinski definition) is 9. The molecule has 3 rings (SSSR count). The quantitative estimate of drug-likeness (QED) is 0.585. The smallest absolute Gasteiger partial charge is 0.322 e. The third-order valence-electron chi connectivity index (χ3n) is 3.88. The fourth-order valence-corrected chi connectivity index (χ4v) is 3.90. The van der Waals surface area contributed by atoms with Gasteiger partial charge in [-0.25, -0.2) is 12.7 Å². The van der Waals surface area contributed by atoms with E-state index in [1.165, 1.54) is 35.6 Å². The lowest BCUT2D eigenvalue weighted by Crippen LogP contribution is -2.28. The minimum atomic E-state index is -3.59. The first-order valence-corrected chi connectivity index (χ1v) is 10.7. The Morgan fingerprint density at radius 2 is 1.96 bits per heavy atom. The monoisotopic (exact) mass is 422 g/mol. The lowest BCUT2D eigenvalue weighted by Gasteiger charge is -2.16. The second-order valence-corrected chi connectivity index (χ2v) is 8.52. The van der Waals surface area contributed by atoms with Gasteiger partial charge in [0.25, 0.3) is 11.8 Å². The lowest BCUT2D eigenvalue weighted by molar-refractivity contribution is 0.102. The van der Waals surface area contributed by atoms with Gasteiger partial charge in [0.15, 0.2) is 5.69 Å². The molecule has 1 amide bonds. The van der Waals surface area contributed by atoms with Crippen LogP contribution in [0.3, 0.4) is 0 Å². The summed E-state index contributed by atoms with van der Waals surface area (Å²) in [4.78, 5) is 12.4. The molecule has 148 valence electrons. The SMILES string of the molecule is CCCCN(C)S(=O)(=O)c1ccc(C(=O)Nc2nnc(-c3csnn3)o2)cc1. The molecular weight excluding hydrogens is 404 g/mol. The van der Waals surface area contributed by atoms with Crippen LogP contribution in [0.25, 0.3) is 11.6 Å². The van der Waals surface area contributed by atoms with Crippen LogP contribution >= 0.6 is 11.5 Å². The summed E-state index contributed by atoms with van der Waals surface area (Å²) >= 11 is 1.14. The fraction of sp³-hybridized carbons (Fsp3) is 0.312. The van der Waals surface area contributed by atoms with Crippen LogP contribution in [-0.4, -0.2) is 52.0 Å². The summed E-state index contributed by atoms with van der Waals surface area (Å²) < 4.78 is 35.3. The minimum Gasteiger partial charge on any atom is -0.401 e. The number of unbranched alkanes of at least 4 members (excludes halogenated alkanes) is 1. The van der Waals surface area contributed by atoms with E-state index in [1.54, 1.807) is 5.38 Å². The maximum atomic E-state index is 12.5. The third-order valence-corrected chi connectivity index (χ3v) is 6.25. The first-order chi connectivity index (χ1) is 13.4. The largest absolute Gasteiger partial charge is 0.401 e. The van der Waals surface area contributed by atoms with Gasteiger partial charge < -0.3 is 4.42 Å². The van der Waals surface area contributed by atoms with Gasteiger partial charge in [-0.3, -0.25) is 10.1 Å². The first kappa shape index (κ1) is 20.0. The van der Waals surface area contributed by atoms with Crippen molar-refractivity contribution in [1.82, 2.24) is 24.1 Å². The maximum absolute atomic E-state index is 12.5. The number of nitrogens with one attached hydrogen (secondary N) is 1. The number of sulfonamides is 1. The normalized spacial score (nSPS) is 11.7. The van der Waals surface area contributed by atoms with Crippen LogP contribution in [-0.2, 0) is 10.0 Å². The van der Waals surface area contributed by atoms with Crippen molar-refractivity contribution in [3.05, 3.63) is 35.2 Å². The Hall–Kier alpha value is -2.70. The number of carbonyl (C=O) groups excluding carboxylic acids is 1. The maximum Gasteiger partial charge on any atom is 0.322 e. The van der Waals surface area contributed by atoms with Gasteiger partial charge in [-0.05, 0) is 42.2 Å². The van der Waals surface area contributed by atoms with Crippen LogP contribution in [0.15, 0.2) is 39.0 Å². The zero-order chi connectivity index (χ0) is 20.1. The number of anilines is 1. The highest BCUT2D eigenvalue weighted by Gasteiger charge is 2.21. The van der Waals surface area contributed by atoms with Gasteiger partial charge >= 0.3 is 6.01 Å². The van der Waals surface area contributed by atoms with Crippen molar-refractivity contribution in [3.8, 4) is 11.6 Å². The van der Waals surface area contributed by atoms with E-state index in [1.807, 2.05) is 6.92 Å². The van der Waals surface area contributed by atoms with Gasteiger partial charge in [-0.2, -0.15) is 0 Å². The summed E-state index contributed by atoms with van der Waals surface area (Å²) in [7, 11) is -2.05. The lowest BCUT2D eigenvalue weighted by atomic mass is 10.2. The number of carbonyl (C=O) groups is 1. The van der Waals surface area contributed by atoms with E-state index in [4.69, 9.17) is 4.42 Å². The zero-order valence-corrected chi connectivity index (χ0v) is 16.8. The van der Waals surface area contributed by atoms with Gasteiger partial charge in [0.1, 0.15) is 0 Å². The summed E-state index contributed by atoms with van der Waals surface area (Å²) in [6.45, 7) is 2.43. The average molecular weight is 422 g/mol. The molecule has 0 aliphatic heterocycles. The minimum absolute atomic E-state index is 0.0935. The van der Waals surface area contributed by atoms with Crippen LogP contribution < -0.4 is 5.32 Å². The summed E-state index contributed by atoms with van der Waals surface area (Å²) in [6, 6.07) is 5.55. The molecule has 2 aromatic heterocycles. The van der Waals surface area contributed by atoms with Crippen LogP contribution in [0.2, 0.25) is 0 Å². The van der Waals surface area contributed by atoms with Crippen molar-refractivity contribution in [2.24, 2.45) is 0 Å². The second kappa shape index (κ2) is 8.54. The Bertz CT molecular complexity index is 1030. The van der Waals surface area contributed by atoms with E-state index in [2.05, 4.69) is 25.1 Å². The standard InChI is InChI=1S/C16H18N6O4S2/c1-3-4-9-22(2)28(24,25)12-7-5-11(6-8-12)14(23)17-16-20-19-15(26-16)13-10-27-21-18-13/h5-8,10H,3-4,9H2,1-2H3,(H,17,20,23). The molecule has 0 saturated carbocycles. The molecule has 28 heavy (non-hydrogen) atoms. The summed E-state index contributed by atoms with van der Waals surface area (Å²) in [5, 5.41) is 15.4. The van der Waals surface area contributed by atoms with Crippen LogP contribution in [0, 0.1) is 0 Å². The molecule has 0 aliphatic rings. The van der Waals surface area contributed by atoms with E-state index in [9.17, 15) is 13.2 Å². The molecule has 12 heteroatoms. The van der Waals surface area contributed by atoms with Crippen LogP contribution in [0.5, 0.6) is 0 Å². The molecule has 2 heterocycles. The molecule has 1 N–H and O–H groups in total. The number of nitrogens with zero attached hydrogens (tertiary/aromatic N) is 5. The highest BCUT2D eigenvalue weighted by Crippen LogP contribution is 2.19. The Morgan fingerprint density at radius 3 is 2.61 bits per heavy atom. The van der Waals surface area contributed by atoms with Crippen molar-refractivity contribution < 1.29 is 17.6 Å². The van der Waals surface area contributed by atoms with Crippen molar-refractivity contribution in [1.29, 1.82) is 0 Å². The summed E-state index contributed by atoms with van der Waals surface area (Å²) in [6.07, 6.45) is 1.68. The predicted octanol–water partition coefficient (Wildman–Crippen LogP) is 2.26. The van der Waals surface area contributed by atoms with E-state index in [0.717, 1.165) is 24.4 Å². The second-order valence-electron chi connectivity index (χ2n) is 5.86. The first-order valence-electron chi connectivity index (χ1n) is 8.40. The van der Waals surface area contributed by atoms with Gasteiger partial charge in [0, 0.05) is 24.5 Å². The van der Waals surface area contributed by atoms with Crippen molar-refractivity contribution in [2.45, 2.75) is 24.7 Å². The van der Waals surface area contributed by atoms with Crippen LogP contribution in [0.4, 0.5) is 6.01 Å². The van der Waals surface area contributed by atoms with Crippen LogP contribution in [0.1, 0.15) is 30.1 Å². The molecule has 0 saturated heterocycles. The molecule has 1 aromatic carbocycles. The number of rotatable bonds is 8. The predicted molar refractivity (Wildman–Crippen MR) is 102 cm³/mol. The molecule has 0 spiro atoms. The molecule has 0 unspecified atom stereocenters. The number of benzene rings is 1. The van der Waals surface area contributed by atoms with Gasteiger partial charge in [0.2, 0.25) is 10.0 Å². The highest BCUT2D eigenvalue weighted by atomic mass is 32.2. The van der Waals surface area contributed by atoms with Crippen molar-refractivity contribution >= 4 is 33.5 Å². The van der Waals surface area contributed by atoms with Gasteiger partial charge in [-0.1, -0.05) is 22.9 Å². The van der Waals surface area contributed by atoms with Gasteiger partial charge in [-0.15, -0.1) is 10.2 Å². The molecule has 0 aliphatic carbocycles. The third kappa shape index (κ3) is 4.40. The molecule has 10 nitrogen and oxygen atoms in total. The van der Waals surface area contributed by atoms with E-state index >= 15 is 0 Å². The number of aromatic nitrogens is 4. The number of amides is 1. The Morgan fingerprint density at radius 1 is 1.21 bits per heavy atom. The molecular formula is C16H18N6O4S2. The van der Waals surface area contributed by atoms with E-state index in [-0.39, 0.29) is 22.4 Å². The van der Waals surface area contributed by atoms with Crippen molar-refractivity contribution in [2.75, 3.05) is 18.9 Å². The molecule has 0 bridgehead atoms. The molecule has 0 radical (unpaired) electrons. The topological polar surface area (TPSA) is 131 Å². The fourth-order valence-electron chi connectivity index (χ4n) is 2.26. The van der Waals surface area contributed by atoms with Gasteiger partial charge in [0.05, 0.1) is 4.90 Å². The van der Waals surface area contributed by atoms with E-state index in [0.29, 0.717) is 12.2 Å². The Kier molecular flexibility index (Phi) is 6.11. The Labute approximate surface area is 165 Å².